The molecule has 0 fully saturated rings. The predicted molar refractivity (Wildman–Crippen MR) is 53.6 cm³/mol. The van der Waals surface area contributed by atoms with Gasteiger partial charge < -0.3 is 9.47 Å². The Morgan fingerprint density at radius 2 is 2.36 bits per heavy atom. The van der Waals surface area contributed by atoms with Gasteiger partial charge in [0.1, 0.15) is 0 Å². The molecule has 0 aliphatic carbocycles. The fraction of sp³-hybridized carbons (Fsp3) is 0.545. The van der Waals surface area contributed by atoms with Gasteiger partial charge in [0.15, 0.2) is 0 Å². The van der Waals surface area contributed by atoms with E-state index in [9.17, 15) is 4.79 Å². The van der Waals surface area contributed by atoms with Gasteiger partial charge in [0.05, 0.1) is 6.61 Å². The molecule has 0 saturated carbocycles. The maximum Gasteiger partial charge on any atom is 0.335 e. The monoisotopic (exact) mass is 196 g/mol. The SMILES string of the molecule is C=C(C)C(=O)OC1/C=C\CCCCO1. The quantitative estimate of drug-likeness (QED) is 0.386. The number of carbonyl (C=O) groups excluding carboxylic acids is 1. The summed E-state index contributed by atoms with van der Waals surface area (Å²) in [5, 5.41) is 0. The summed E-state index contributed by atoms with van der Waals surface area (Å²) in [6.45, 7) is 5.77. The second-order valence-electron chi connectivity index (χ2n) is 3.35. The van der Waals surface area contributed by atoms with Gasteiger partial charge in [0.2, 0.25) is 6.29 Å². The molecule has 1 heterocycles. The number of carbonyl (C=O) groups is 1. The maximum absolute atomic E-state index is 11.2. The zero-order chi connectivity index (χ0) is 10.4. The predicted octanol–water partition coefficient (Wildman–Crippen LogP) is 2.19. The second-order valence-corrected chi connectivity index (χ2v) is 3.35. The fourth-order valence-corrected chi connectivity index (χ4v) is 1.11. The zero-order valence-electron chi connectivity index (χ0n) is 8.49. The van der Waals surface area contributed by atoms with E-state index < -0.39 is 12.3 Å². The van der Waals surface area contributed by atoms with E-state index in [1.165, 1.54) is 0 Å². The molecule has 1 rings (SSSR count). The average Bonchev–Trinajstić information content (AvgIpc) is 2.08. The minimum atomic E-state index is -0.542. The largest absolute Gasteiger partial charge is 0.429 e. The van der Waals surface area contributed by atoms with E-state index in [4.69, 9.17) is 9.47 Å². The highest BCUT2D eigenvalue weighted by Crippen LogP contribution is 2.09. The number of hydrogen-bond donors (Lipinski definition) is 0. The van der Waals surface area contributed by atoms with Gasteiger partial charge in [-0.25, -0.2) is 4.79 Å². The van der Waals surface area contributed by atoms with Crippen molar-refractivity contribution in [1.82, 2.24) is 0 Å². The average molecular weight is 196 g/mol. The van der Waals surface area contributed by atoms with Crippen molar-refractivity contribution < 1.29 is 14.3 Å². The molecule has 1 aliphatic rings. The van der Waals surface area contributed by atoms with Crippen molar-refractivity contribution in [2.45, 2.75) is 32.5 Å². The first kappa shape index (κ1) is 11.0. The zero-order valence-corrected chi connectivity index (χ0v) is 8.49. The summed E-state index contributed by atoms with van der Waals surface area (Å²) in [7, 11) is 0. The van der Waals surface area contributed by atoms with Crippen molar-refractivity contribution in [2.24, 2.45) is 0 Å². The van der Waals surface area contributed by atoms with Crippen molar-refractivity contribution in [3.8, 4) is 0 Å². The maximum atomic E-state index is 11.2. The van der Waals surface area contributed by atoms with E-state index in [-0.39, 0.29) is 0 Å². The van der Waals surface area contributed by atoms with Crippen molar-refractivity contribution >= 4 is 5.97 Å². The standard InChI is InChI=1S/C11H16O3/c1-9(2)11(12)14-10-7-5-3-4-6-8-13-10/h5,7,10H,1,3-4,6,8H2,2H3/b7-5-. The van der Waals surface area contributed by atoms with E-state index in [1.54, 1.807) is 13.0 Å². The third kappa shape index (κ3) is 3.75. The Morgan fingerprint density at radius 3 is 3.07 bits per heavy atom. The van der Waals surface area contributed by atoms with Crippen molar-refractivity contribution in [2.75, 3.05) is 6.61 Å². The number of allylic oxidation sites excluding steroid dienone is 1. The Balaban J connectivity index is 2.44. The van der Waals surface area contributed by atoms with Gasteiger partial charge in [-0.1, -0.05) is 12.7 Å². The molecule has 3 nitrogen and oxygen atoms in total. The summed E-state index contributed by atoms with van der Waals surface area (Å²) in [6, 6.07) is 0. The first-order valence-electron chi connectivity index (χ1n) is 4.85. The van der Waals surface area contributed by atoms with E-state index in [1.807, 2.05) is 6.08 Å². The molecule has 0 aromatic heterocycles. The summed E-state index contributed by atoms with van der Waals surface area (Å²) in [4.78, 5) is 11.2. The van der Waals surface area contributed by atoms with Crippen LogP contribution in [-0.4, -0.2) is 18.9 Å². The van der Waals surface area contributed by atoms with Crippen molar-refractivity contribution in [3.05, 3.63) is 24.3 Å². The van der Waals surface area contributed by atoms with Crippen LogP contribution in [0.25, 0.3) is 0 Å². The first-order valence-corrected chi connectivity index (χ1v) is 4.85. The van der Waals surface area contributed by atoms with Crippen LogP contribution in [0, 0.1) is 0 Å². The first-order chi connectivity index (χ1) is 6.70. The Bertz CT molecular complexity index is 243. The molecule has 0 N–H and O–H groups in total. The second kappa shape index (κ2) is 5.60. The Labute approximate surface area is 84.4 Å². The molecule has 0 radical (unpaired) electrons. The molecule has 0 spiro atoms. The molecule has 14 heavy (non-hydrogen) atoms. The van der Waals surface area contributed by atoms with Crippen LogP contribution in [-0.2, 0) is 14.3 Å². The normalized spacial score (nSPS) is 24.5. The molecule has 78 valence electrons. The van der Waals surface area contributed by atoms with Gasteiger partial charge in [-0.05, 0) is 32.3 Å². The van der Waals surface area contributed by atoms with Crippen LogP contribution in [0.1, 0.15) is 26.2 Å². The van der Waals surface area contributed by atoms with Gasteiger partial charge in [-0.3, -0.25) is 0 Å². The molecule has 0 saturated heterocycles. The molecule has 3 heteroatoms. The van der Waals surface area contributed by atoms with Gasteiger partial charge in [0, 0.05) is 5.57 Å². The third-order valence-electron chi connectivity index (χ3n) is 1.91. The number of ether oxygens (including phenoxy) is 2. The molecule has 1 atom stereocenters. The van der Waals surface area contributed by atoms with Crippen LogP contribution in [0.4, 0.5) is 0 Å². The van der Waals surface area contributed by atoms with Crippen molar-refractivity contribution in [3.63, 3.8) is 0 Å². The van der Waals surface area contributed by atoms with E-state index >= 15 is 0 Å². The fourth-order valence-electron chi connectivity index (χ4n) is 1.11. The van der Waals surface area contributed by atoms with E-state index in [2.05, 4.69) is 6.58 Å². The summed E-state index contributed by atoms with van der Waals surface area (Å²) in [5.41, 5.74) is 0.393. The lowest BCUT2D eigenvalue weighted by Crippen LogP contribution is -2.21. The highest BCUT2D eigenvalue weighted by Gasteiger charge is 2.12. The minimum Gasteiger partial charge on any atom is -0.429 e. The lowest BCUT2D eigenvalue weighted by molar-refractivity contribution is -0.164. The molecule has 0 aromatic carbocycles. The Kier molecular flexibility index (Phi) is 4.40. The summed E-state index contributed by atoms with van der Waals surface area (Å²) in [5.74, 6) is -0.403. The van der Waals surface area contributed by atoms with Gasteiger partial charge in [-0.2, -0.15) is 0 Å². The van der Waals surface area contributed by atoms with Crippen LogP contribution in [0.2, 0.25) is 0 Å². The van der Waals surface area contributed by atoms with Gasteiger partial charge in [-0.15, -0.1) is 0 Å². The number of rotatable bonds is 2. The molecule has 0 bridgehead atoms. The van der Waals surface area contributed by atoms with Gasteiger partial charge in [0.25, 0.3) is 0 Å². The highest BCUT2D eigenvalue weighted by atomic mass is 16.7. The molecule has 0 aromatic rings. The Morgan fingerprint density at radius 1 is 1.57 bits per heavy atom. The van der Waals surface area contributed by atoms with E-state index in [0.29, 0.717) is 12.2 Å². The lowest BCUT2D eigenvalue weighted by Gasteiger charge is -2.16. The van der Waals surface area contributed by atoms with Gasteiger partial charge >= 0.3 is 5.97 Å². The Hall–Kier alpha value is -1.09. The topological polar surface area (TPSA) is 35.5 Å². The van der Waals surface area contributed by atoms with Crippen LogP contribution >= 0.6 is 0 Å². The molecule has 1 unspecified atom stereocenters. The summed E-state index contributed by atoms with van der Waals surface area (Å²) < 4.78 is 10.4. The smallest absolute Gasteiger partial charge is 0.335 e. The van der Waals surface area contributed by atoms with E-state index in [0.717, 1.165) is 19.3 Å². The van der Waals surface area contributed by atoms with Crippen LogP contribution in [0.5, 0.6) is 0 Å². The van der Waals surface area contributed by atoms with Crippen LogP contribution < -0.4 is 0 Å². The minimum absolute atomic E-state index is 0.393. The highest BCUT2D eigenvalue weighted by molar-refractivity contribution is 5.87. The summed E-state index contributed by atoms with van der Waals surface area (Å²) in [6.07, 6.45) is 6.36. The van der Waals surface area contributed by atoms with Crippen molar-refractivity contribution in [1.29, 1.82) is 0 Å². The number of hydrogen-bond acceptors (Lipinski definition) is 3. The van der Waals surface area contributed by atoms with Crippen LogP contribution in [0.3, 0.4) is 0 Å². The molecular weight excluding hydrogens is 180 g/mol. The summed E-state index contributed by atoms with van der Waals surface area (Å²) >= 11 is 0. The van der Waals surface area contributed by atoms with Crippen LogP contribution in [0.15, 0.2) is 24.3 Å². The number of esters is 1. The molecule has 1 aliphatic heterocycles. The molecule has 0 amide bonds. The lowest BCUT2D eigenvalue weighted by atomic mass is 10.2. The third-order valence-corrected chi connectivity index (χ3v) is 1.91. The molecular formula is C11H16O3.